The van der Waals surface area contributed by atoms with Crippen molar-refractivity contribution in [2.45, 2.75) is 32.6 Å². The SMILES string of the molecule is CCCCCCN.O=P(O)(F)F. The van der Waals surface area contributed by atoms with Crippen LogP contribution in [0.1, 0.15) is 32.6 Å². The number of rotatable bonds is 4. The molecule has 3 N–H and O–H groups in total. The molecule has 3 nitrogen and oxygen atoms in total. The van der Waals surface area contributed by atoms with E-state index in [1.807, 2.05) is 0 Å². The molecule has 6 heteroatoms. The summed E-state index contributed by atoms with van der Waals surface area (Å²) in [7, 11) is -5.64. The van der Waals surface area contributed by atoms with Gasteiger partial charge in [-0.3, -0.25) is 4.89 Å². The van der Waals surface area contributed by atoms with Gasteiger partial charge in [-0.25, -0.2) is 4.57 Å². The summed E-state index contributed by atoms with van der Waals surface area (Å²) in [5.74, 6) is 0. The summed E-state index contributed by atoms with van der Waals surface area (Å²) in [6, 6.07) is 0. The Morgan fingerprint density at radius 3 is 2.00 bits per heavy atom. The van der Waals surface area contributed by atoms with E-state index < -0.39 is 7.99 Å². The van der Waals surface area contributed by atoms with Crippen molar-refractivity contribution >= 4 is 7.99 Å². The lowest BCUT2D eigenvalue weighted by molar-refractivity contribution is 0.376. The number of hydrogen-bond donors (Lipinski definition) is 2. The summed E-state index contributed by atoms with van der Waals surface area (Å²) in [4.78, 5) is 6.74. The predicted molar refractivity (Wildman–Crippen MR) is 45.2 cm³/mol. The molecule has 0 bridgehead atoms. The maximum atomic E-state index is 10.1. The van der Waals surface area contributed by atoms with Crippen molar-refractivity contribution in [1.29, 1.82) is 0 Å². The topological polar surface area (TPSA) is 63.3 Å². The summed E-state index contributed by atoms with van der Waals surface area (Å²) < 4.78 is 28.7. The first kappa shape index (κ1) is 14.5. The van der Waals surface area contributed by atoms with E-state index in [-0.39, 0.29) is 0 Å². The molecule has 12 heavy (non-hydrogen) atoms. The van der Waals surface area contributed by atoms with Gasteiger partial charge in [-0.2, -0.15) is 0 Å². The molecule has 76 valence electrons. The Bertz CT molecular complexity index is 116. The van der Waals surface area contributed by atoms with Crippen LogP contribution in [0.2, 0.25) is 0 Å². The van der Waals surface area contributed by atoms with Gasteiger partial charge in [0, 0.05) is 0 Å². The Labute approximate surface area is 71.7 Å². The third-order valence-electron chi connectivity index (χ3n) is 1.06. The highest BCUT2D eigenvalue weighted by molar-refractivity contribution is 7.46. The monoisotopic (exact) mass is 203 g/mol. The van der Waals surface area contributed by atoms with E-state index in [0.717, 1.165) is 6.54 Å². The zero-order chi connectivity index (χ0) is 10.0. The molecule has 0 aromatic heterocycles. The molecule has 0 atom stereocenters. The van der Waals surface area contributed by atoms with Crippen molar-refractivity contribution in [3.8, 4) is 0 Å². The standard InChI is InChI=1S/C6H15N.F2HO2P/c1-2-3-4-5-6-7;1-5(2,3)4/h2-7H2,1H3;(H,3,4). The Hall–Kier alpha value is 0.01000. The molecule has 0 aromatic carbocycles. The largest absolute Gasteiger partial charge is 0.549 e. The first-order chi connectivity index (χ1) is 5.41. The molecule has 0 radical (unpaired) electrons. The molecule has 0 heterocycles. The van der Waals surface area contributed by atoms with Crippen molar-refractivity contribution in [1.82, 2.24) is 0 Å². The molecule has 0 aliphatic rings. The van der Waals surface area contributed by atoms with Crippen LogP contribution in [-0.4, -0.2) is 11.4 Å². The van der Waals surface area contributed by atoms with E-state index in [2.05, 4.69) is 6.92 Å². The highest BCUT2D eigenvalue weighted by Crippen LogP contribution is 2.43. The highest BCUT2D eigenvalue weighted by atomic mass is 31.2. The Morgan fingerprint density at radius 2 is 1.75 bits per heavy atom. The number of nitrogens with two attached hydrogens (primary N) is 1. The van der Waals surface area contributed by atoms with Gasteiger partial charge in [-0.05, 0) is 13.0 Å². The summed E-state index contributed by atoms with van der Waals surface area (Å²) in [6.07, 6.45) is 5.16. The van der Waals surface area contributed by atoms with Gasteiger partial charge in [0.05, 0.1) is 0 Å². The van der Waals surface area contributed by atoms with Gasteiger partial charge >= 0.3 is 7.99 Å². The van der Waals surface area contributed by atoms with Crippen LogP contribution in [0.5, 0.6) is 0 Å². The summed E-state index contributed by atoms with van der Waals surface area (Å²) in [5, 5.41) is 0. The van der Waals surface area contributed by atoms with Gasteiger partial charge in [0.15, 0.2) is 0 Å². The van der Waals surface area contributed by atoms with Crippen LogP contribution in [-0.2, 0) is 4.57 Å². The average Bonchev–Trinajstić information content (AvgIpc) is 1.85. The van der Waals surface area contributed by atoms with Crippen LogP contribution in [0.4, 0.5) is 8.39 Å². The number of unbranched alkanes of at least 4 members (excludes halogenated alkanes) is 3. The van der Waals surface area contributed by atoms with Gasteiger partial charge < -0.3 is 5.73 Å². The number of halogens is 2. The minimum absolute atomic E-state index is 0.861. The second-order valence-electron chi connectivity index (χ2n) is 2.28. The van der Waals surface area contributed by atoms with Crippen molar-refractivity contribution in [2.75, 3.05) is 6.54 Å². The fourth-order valence-electron chi connectivity index (χ4n) is 0.571. The van der Waals surface area contributed by atoms with Crippen LogP contribution in [0.3, 0.4) is 0 Å². The summed E-state index contributed by atoms with van der Waals surface area (Å²) in [5.41, 5.74) is 5.27. The molecule has 0 unspecified atom stereocenters. The van der Waals surface area contributed by atoms with Crippen molar-refractivity contribution < 1.29 is 17.9 Å². The van der Waals surface area contributed by atoms with Gasteiger partial charge in [0.25, 0.3) is 0 Å². The van der Waals surface area contributed by atoms with Crippen LogP contribution < -0.4 is 5.73 Å². The third-order valence-corrected chi connectivity index (χ3v) is 1.06. The predicted octanol–water partition coefficient (Wildman–Crippen LogP) is 2.55. The molecular formula is C6H16F2NO2P. The van der Waals surface area contributed by atoms with Crippen LogP contribution in [0.25, 0.3) is 0 Å². The Balaban J connectivity index is 0. The van der Waals surface area contributed by atoms with Crippen LogP contribution in [0.15, 0.2) is 0 Å². The second kappa shape index (κ2) is 9.10. The lowest BCUT2D eigenvalue weighted by Crippen LogP contribution is -1.97. The molecule has 0 aromatic rings. The molecule has 0 spiro atoms. The van der Waals surface area contributed by atoms with E-state index in [0.29, 0.717) is 0 Å². The van der Waals surface area contributed by atoms with Gasteiger partial charge in [-0.1, -0.05) is 26.2 Å². The summed E-state index contributed by atoms with van der Waals surface area (Å²) >= 11 is 0. The summed E-state index contributed by atoms with van der Waals surface area (Å²) in [6.45, 7) is 3.07. The molecule has 0 saturated heterocycles. The first-order valence-corrected chi connectivity index (χ1v) is 5.28. The lowest BCUT2D eigenvalue weighted by atomic mass is 10.2. The Morgan fingerprint density at radius 1 is 1.33 bits per heavy atom. The molecule has 0 aliphatic heterocycles. The van der Waals surface area contributed by atoms with Crippen LogP contribution >= 0.6 is 7.99 Å². The highest BCUT2D eigenvalue weighted by Gasteiger charge is 2.09. The van der Waals surface area contributed by atoms with E-state index >= 15 is 0 Å². The smallest absolute Gasteiger partial charge is 0.330 e. The van der Waals surface area contributed by atoms with Crippen molar-refractivity contribution in [2.24, 2.45) is 5.73 Å². The lowest BCUT2D eigenvalue weighted by Gasteiger charge is -1.90. The van der Waals surface area contributed by atoms with E-state index in [1.54, 1.807) is 0 Å². The van der Waals surface area contributed by atoms with E-state index in [9.17, 15) is 8.39 Å². The molecule has 0 amide bonds. The van der Waals surface area contributed by atoms with Crippen molar-refractivity contribution in [3.63, 3.8) is 0 Å². The second-order valence-corrected chi connectivity index (χ2v) is 3.15. The minimum Gasteiger partial charge on any atom is -0.330 e. The Kier molecular flexibility index (Phi) is 11.0. The average molecular weight is 203 g/mol. The fourth-order valence-corrected chi connectivity index (χ4v) is 0.571. The zero-order valence-electron chi connectivity index (χ0n) is 7.17. The number of hydrogen-bond acceptors (Lipinski definition) is 2. The van der Waals surface area contributed by atoms with E-state index in [1.165, 1.54) is 25.7 Å². The maximum Gasteiger partial charge on any atom is 0.549 e. The minimum atomic E-state index is -5.64. The molecule has 0 rings (SSSR count). The van der Waals surface area contributed by atoms with Gasteiger partial charge in [-0.15, -0.1) is 8.39 Å². The van der Waals surface area contributed by atoms with E-state index in [4.69, 9.17) is 15.2 Å². The van der Waals surface area contributed by atoms with Crippen LogP contribution in [0, 0.1) is 0 Å². The van der Waals surface area contributed by atoms with Gasteiger partial charge in [0.2, 0.25) is 0 Å². The van der Waals surface area contributed by atoms with Crippen molar-refractivity contribution in [3.05, 3.63) is 0 Å². The molecule has 0 aliphatic carbocycles. The first-order valence-electron chi connectivity index (χ1n) is 3.84. The quantitative estimate of drug-likeness (QED) is 0.545. The molecule has 0 fully saturated rings. The normalized spacial score (nSPS) is 10.4. The third kappa shape index (κ3) is 50.5. The molecule has 0 saturated carbocycles. The molecular weight excluding hydrogens is 187 g/mol. The maximum absolute atomic E-state index is 10.1. The van der Waals surface area contributed by atoms with Gasteiger partial charge in [0.1, 0.15) is 0 Å². The zero-order valence-corrected chi connectivity index (χ0v) is 8.07. The fraction of sp³-hybridized carbons (Fsp3) is 1.00.